The number of piperidine rings is 1. The van der Waals surface area contributed by atoms with Crippen LogP contribution in [0.25, 0.3) is 0 Å². The van der Waals surface area contributed by atoms with Crippen molar-refractivity contribution in [2.45, 2.75) is 31.8 Å². The monoisotopic (exact) mass is 372 g/mol. The third-order valence-corrected chi connectivity index (χ3v) is 4.83. The molecule has 4 rings (SSSR count). The minimum atomic E-state index is -0.0442. The van der Waals surface area contributed by atoms with E-state index in [1.165, 1.54) is 11.0 Å². The third kappa shape index (κ3) is 3.47. The molecule has 3 aromatic rings. The summed E-state index contributed by atoms with van der Waals surface area (Å²) in [4.78, 5) is 18.2. The van der Waals surface area contributed by atoms with Gasteiger partial charge in [0.05, 0.1) is 0 Å². The average molecular weight is 372 g/mol. The molecule has 0 aromatic carbocycles. The van der Waals surface area contributed by atoms with Gasteiger partial charge in [0.1, 0.15) is 31.6 Å². The van der Waals surface area contributed by atoms with Crippen LogP contribution < -0.4 is 5.73 Å². The number of nitrogens with zero attached hydrogens (tertiary/aromatic N) is 11. The van der Waals surface area contributed by atoms with E-state index in [0.717, 1.165) is 24.5 Å². The zero-order valence-corrected chi connectivity index (χ0v) is 14.9. The molecule has 1 aliphatic rings. The van der Waals surface area contributed by atoms with Crippen molar-refractivity contribution in [3.05, 3.63) is 24.3 Å². The molecule has 0 unspecified atom stereocenters. The molecule has 27 heavy (non-hydrogen) atoms. The summed E-state index contributed by atoms with van der Waals surface area (Å²) in [5, 5.41) is 23.5. The molecule has 4 heterocycles. The number of nitrogen functional groups attached to an aromatic ring is 1. The highest BCUT2D eigenvalue weighted by atomic mass is 16.2. The highest BCUT2D eigenvalue weighted by molar-refractivity contribution is 5.76. The van der Waals surface area contributed by atoms with Crippen molar-refractivity contribution in [1.29, 1.82) is 0 Å². The molecule has 13 heteroatoms. The van der Waals surface area contributed by atoms with E-state index in [1.54, 1.807) is 11.0 Å². The van der Waals surface area contributed by atoms with Gasteiger partial charge >= 0.3 is 0 Å². The minimum absolute atomic E-state index is 0.0442. The Morgan fingerprint density at radius 1 is 1.26 bits per heavy atom. The lowest BCUT2D eigenvalue weighted by molar-refractivity contribution is -0.133. The van der Waals surface area contributed by atoms with Gasteiger partial charge in [-0.15, -0.1) is 10.2 Å². The minimum Gasteiger partial charge on any atom is -0.367 e. The predicted octanol–water partition coefficient (Wildman–Crippen LogP) is -1.57. The molecule has 1 aliphatic heterocycles. The van der Waals surface area contributed by atoms with Crippen molar-refractivity contribution in [2.24, 2.45) is 7.05 Å². The highest BCUT2D eigenvalue weighted by Gasteiger charge is 2.27. The Labute approximate surface area is 154 Å². The average Bonchev–Trinajstić information content (AvgIpc) is 3.40. The summed E-state index contributed by atoms with van der Waals surface area (Å²) in [6, 6.07) is 0. The number of nitrogens with two attached hydrogens (primary N) is 1. The number of tetrazole rings is 1. The van der Waals surface area contributed by atoms with Gasteiger partial charge in [-0.2, -0.15) is 5.10 Å². The summed E-state index contributed by atoms with van der Waals surface area (Å²) >= 11 is 0. The van der Waals surface area contributed by atoms with Gasteiger partial charge < -0.3 is 15.2 Å². The van der Waals surface area contributed by atoms with Crippen molar-refractivity contribution in [3.63, 3.8) is 0 Å². The second kappa shape index (κ2) is 7.09. The zero-order valence-electron chi connectivity index (χ0n) is 14.9. The first-order valence-electron chi connectivity index (χ1n) is 8.62. The smallest absolute Gasteiger partial charge is 0.244 e. The quantitative estimate of drug-likeness (QED) is 0.560. The van der Waals surface area contributed by atoms with Crippen molar-refractivity contribution in [1.82, 2.24) is 54.6 Å². The van der Waals surface area contributed by atoms with Gasteiger partial charge in [-0.1, -0.05) is 5.10 Å². The van der Waals surface area contributed by atoms with Crippen molar-refractivity contribution >= 4 is 11.9 Å². The molecule has 1 saturated heterocycles. The van der Waals surface area contributed by atoms with Gasteiger partial charge in [-0.3, -0.25) is 4.79 Å². The lowest BCUT2D eigenvalue weighted by Gasteiger charge is -2.31. The van der Waals surface area contributed by atoms with E-state index in [1.807, 2.05) is 16.5 Å². The number of aromatic nitrogens is 10. The molecule has 0 radical (unpaired) electrons. The van der Waals surface area contributed by atoms with Crippen LogP contribution in [-0.2, 0) is 24.9 Å². The molecular formula is C14H20N12O. The number of rotatable bonds is 5. The molecule has 1 amide bonds. The van der Waals surface area contributed by atoms with Crippen LogP contribution in [-0.4, -0.2) is 73.6 Å². The summed E-state index contributed by atoms with van der Waals surface area (Å²) in [5.41, 5.74) is 5.61. The highest BCUT2D eigenvalue weighted by Crippen LogP contribution is 2.27. The predicted molar refractivity (Wildman–Crippen MR) is 90.9 cm³/mol. The fraction of sp³-hybridized carbons (Fsp3) is 0.571. The van der Waals surface area contributed by atoms with E-state index in [0.29, 0.717) is 19.6 Å². The Hall–Kier alpha value is -3.38. The fourth-order valence-electron chi connectivity index (χ4n) is 3.27. The second-order valence-corrected chi connectivity index (χ2v) is 6.48. The molecule has 0 spiro atoms. The number of amides is 1. The van der Waals surface area contributed by atoms with Crippen molar-refractivity contribution in [3.8, 4) is 0 Å². The number of anilines is 1. The zero-order chi connectivity index (χ0) is 18.8. The maximum absolute atomic E-state index is 12.4. The Morgan fingerprint density at radius 3 is 2.74 bits per heavy atom. The standard InChI is InChI=1S/C14H20N12O/c1-23-11(6-25-9-16-8-17-25)18-19-13(23)10-2-4-24(5-3-10)12(27)7-26-14(15)20-21-22-26/h8-10H,2-7H2,1H3,(H2,15,20,22). The normalized spacial score (nSPS) is 15.4. The van der Waals surface area contributed by atoms with E-state index in [9.17, 15) is 4.79 Å². The first kappa shape index (κ1) is 17.1. The van der Waals surface area contributed by atoms with Gasteiger partial charge in [0.2, 0.25) is 11.9 Å². The van der Waals surface area contributed by atoms with Crippen LogP contribution in [0, 0.1) is 0 Å². The van der Waals surface area contributed by atoms with Crippen molar-refractivity contribution in [2.75, 3.05) is 18.8 Å². The van der Waals surface area contributed by atoms with Crippen molar-refractivity contribution < 1.29 is 4.79 Å². The van der Waals surface area contributed by atoms with Crippen LogP contribution in [0.3, 0.4) is 0 Å². The number of hydrogen-bond acceptors (Lipinski definition) is 9. The van der Waals surface area contributed by atoms with Gasteiger partial charge in [0.15, 0.2) is 5.82 Å². The molecule has 0 atom stereocenters. The van der Waals surface area contributed by atoms with Crippen LogP contribution in [0.5, 0.6) is 0 Å². The molecule has 1 fully saturated rings. The summed E-state index contributed by atoms with van der Waals surface area (Å²) in [5.74, 6) is 2.11. The van der Waals surface area contributed by atoms with Crippen LogP contribution in [0.4, 0.5) is 5.95 Å². The second-order valence-electron chi connectivity index (χ2n) is 6.48. The van der Waals surface area contributed by atoms with Crippen LogP contribution in [0.1, 0.15) is 30.4 Å². The number of hydrogen-bond donors (Lipinski definition) is 1. The Balaban J connectivity index is 1.36. The molecule has 13 nitrogen and oxygen atoms in total. The first-order chi connectivity index (χ1) is 13.1. The van der Waals surface area contributed by atoms with Gasteiger partial charge in [0, 0.05) is 26.1 Å². The first-order valence-corrected chi connectivity index (χ1v) is 8.62. The fourth-order valence-corrected chi connectivity index (χ4v) is 3.27. The van der Waals surface area contributed by atoms with E-state index >= 15 is 0 Å². The maximum Gasteiger partial charge on any atom is 0.244 e. The summed E-state index contributed by atoms with van der Waals surface area (Å²) < 4.78 is 5.01. The number of carbonyl (C=O) groups is 1. The summed E-state index contributed by atoms with van der Waals surface area (Å²) in [6.45, 7) is 1.87. The van der Waals surface area contributed by atoms with Gasteiger partial charge in [0.25, 0.3) is 0 Å². The van der Waals surface area contributed by atoms with E-state index in [2.05, 4.69) is 35.8 Å². The molecule has 142 valence electrons. The van der Waals surface area contributed by atoms with E-state index in [-0.39, 0.29) is 24.3 Å². The molecule has 3 aromatic heterocycles. The summed E-state index contributed by atoms with van der Waals surface area (Å²) in [6.07, 6.45) is 4.79. The Morgan fingerprint density at radius 2 is 2.07 bits per heavy atom. The molecule has 0 saturated carbocycles. The number of likely N-dealkylation sites (tertiary alicyclic amines) is 1. The van der Waals surface area contributed by atoms with Crippen LogP contribution in [0.2, 0.25) is 0 Å². The lowest BCUT2D eigenvalue weighted by atomic mass is 9.96. The van der Waals surface area contributed by atoms with Gasteiger partial charge in [-0.05, 0) is 23.3 Å². The Bertz CT molecular complexity index is 905. The molecular weight excluding hydrogens is 352 g/mol. The largest absolute Gasteiger partial charge is 0.367 e. The topological polar surface area (TPSA) is 151 Å². The molecule has 0 aliphatic carbocycles. The number of carbonyl (C=O) groups excluding carboxylic acids is 1. The SMILES string of the molecule is Cn1c(Cn2cncn2)nnc1C1CCN(C(=O)Cn2nnnc2N)CC1. The molecule has 0 bridgehead atoms. The van der Waals surface area contributed by atoms with E-state index < -0.39 is 0 Å². The Kier molecular flexibility index (Phi) is 4.48. The van der Waals surface area contributed by atoms with E-state index in [4.69, 9.17) is 5.73 Å². The van der Waals surface area contributed by atoms with Gasteiger partial charge in [-0.25, -0.2) is 14.3 Å². The third-order valence-electron chi connectivity index (χ3n) is 4.83. The summed E-state index contributed by atoms with van der Waals surface area (Å²) in [7, 11) is 1.96. The lowest BCUT2D eigenvalue weighted by Crippen LogP contribution is -2.40. The molecule has 2 N–H and O–H groups in total. The van der Waals surface area contributed by atoms with Crippen LogP contribution >= 0.6 is 0 Å². The maximum atomic E-state index is 12.4. The van der Waals surface area contributed by atoms with Crippen LogP contribution in [0.15, 0.2) is 12.7 Å².